The predicted molar refractivity (Wildman–Crippen MR) is 95.5 cm³/mol. The Hall–Kier alpha value is -3.09. The second-order valence-corrected chi connectivity index (χ2v) is 6.04. The van der Waals surface area contributed by atoms with E-state index in [1.165, 1.54) is 0 Å². The first-order chi connectivity index (χ1) is 12.3. The minimum Gasteiger partial charge on any atom is -0.368 e. The Morgan fingerprint density at radius 3 is 2.64 bits per heavy atom. The fraction of sp³-hybridized carbons (Fsp3) is 0.278. The largest absolute Gasteiger partial charge is 0.368 e. The van der Waals surface area contributed by atoms with Crippen LogP contribution in [0.4, 0.5) is 10.5 Å². The molecule has 2 amide bonds. The van der Waals surface area contributed by atoms with Gasteiger partial charge in [0, 0.05) is 56.7 Å². The highest BCUT2D eigenvalue weighted by atomic mass is 16.2. The van der Waals surface area contributed by atoms with Gasteiger partial charge in [0.1, 0.15) is 5.65 Å². The number of hydrogen-bond donors (Lipinski definition) is 1. The van der Waals surface area contributed by atoms with E-state index in [0.29, 0.717) is 19.6 Å². The molecule has 1 aliphatic rings. The van der Waals surface area contributed by atoms with Crippen LogP contribution in [0.2, 0.25) is 0 Å². The molecule has 1 aliphatic heterocycles. The summed E-state index contributed by atoms with van der Waals surface area (Å²) in [7, 11) is 0. The van der Waals surface area contributed by atoms with Gasteiger partial charge in [0.05, 0.1) is 12.2 Å². The molecule has 7 heteroatoms. The second-order valence-electron chi connectivity index (χ2n) is 6.04. The fourth-order valence-electron chi connectivity index (χ4n) is 3.07. The minimum atomic E-state index is -0.0357. The number of nitrogens with zero attached hydrogens (tertiary/aromatic N) is 5. The number of imidazole rings is 1. The van der Waals surface area contributed by atoms with E-state index in [-0.39, 0.29) is 6.03 Å². The molecule has 1 N–H and O–H groups in total. The number of rotatable bonds is 3. The molecule has 4 heterocycles. The summed E-state index contributed by atoms with van der Waals surface area (Å²) in [4.78, 5) is 25.0. The molecule has 3 aromatic heterocycles. The van der Waals surface area contributed by atoms with E-state index < -0.39 is 0 Å². The lowest BCUT2D eigenvalue weighted by Crippen LogP contribution is -2.51. The molecule has 7 nitrogen and oxygen atoms in total. The number of anilines is 1. The maximum Gasteiger partial charge on any atom is 0.317 e. The number of hydrogen-bond acceptors (Lipinski definition) is 4. The third-order valence-corrected chi connectivity index (χ3v) is 4.43. The van der Waals surface area contributed by atoms with Crippen molar-refractivity contribution in [3.05, 3.63) is 60.8 Å². The number of nitrogens with one attached hydrogen (secondary N) is 1. The van der Waals surface area contributed by atoms with Gasteiger partial charge in [0.25, 0.3) is 0 Å². The molecule has 0 radical (unpaired) electrons. The van der Waals surface area contributed by atoms with Crippen molar-refractivity contribution in [1.82, 2.24) is 24.6 Å². The van der Waals surface area contributed by atoms with Gasteiger partial charge in [-0.25, -0.2) is 9.78 Å². The van der Waals surface area contributed by atoms with Gasteiger partial charge in [-0.15, -0.1) is 0 Å². The lowest BCUT2D eigenvalue weighted by molar-refractivity contribution is 0.194. The zero-order valence-corrected chi connectivity index (χ0v) is 13.9. The first-order valence-corrected chi connectivity index (χ1v) is 8.40. The monoisotopic (exact) mass is 336 g/mol. The summed E-state index contributed by atoms with van der Waals surface area (Å²) < 4.78 is 1.95. The van der Waals surface area contributed by atoms with Gasteiger partial charge in [0.15, 0.2) is 0 Å². The number of pyridine rings is 2. The summed E-state index contributed by atoms with van der Waals surface area (Å²) in [5.41, 5.74) is 2.90. The molecule has 128 valence electrons. The smallest absolute Gasteiger partial charge is 0.317 e. The Labute approximate surface area is 145 Å². The summed E-state index contributed by atoms with van der Waals surface area (Å²) in [5.74, 6) is 0. The number of urea groups is 1. The van der Waals surface area contributed by atoms with E-state index in [0.717, 1.165) is 30.1 Å². The van der Waals surface area contributed by atoms with Crippen molar-refractivity contribution >= 4 is 17.4 Å². The molecule has 0 saturated carbocycles. The van der Waals surface area contributed by atoms with E-state index in [9.17, 15) is 4.79 Å². The average Bonchev–Trinajstić information content (AvgIpc) is 3.10. The Balaban J connectivity index is 1.30. The number of carbonyl (C=O) groups excluding carboxylic acids is 1. The summed E-state index contributed by atoms with van der Waals surface area (Å²) >= 11 is 0. The molecule has 0 spiro atoms. The van der Waals surface area contributed by atoms with Crippen LogP contribution < -0.4 is 10.2 Å². The van der Waals surface area contributed by atoms with Crippen LogP contribution in [0.5, 0.6) is 0 Å². The molecule has 4 rings (SSSR count). The maximum atomic E-state index is 12.4. The Morgan fingerprint density at radius 1 is 1.08 bits per heavy atom. The van der Waals surface area contributed by atoms with Gasteiger partial charge < -0.3 is 19.5 Å². The highest BCUT2D eigenvalue weighted by Crippen LogP contribution is 2.14. The van der Waals surface area contributed by atoms with Crippen LogP contribution in [-0.4, -0.2) is 51.5 Å². The van der Waals surface area contributed by atoms with Crippen LogP contribution in [0.3, 0.4) is 0 Å². The van der Waals surface area contributed by atoms with Gasteiger partial charge in [-0.3, -0.25) is 4.98 Å². The van der Waals surface area contributed by atoms with Gasteiger partial charge in [-0.1, -0.05) is 6.07 Å². The number of piperazine rings is 1. The number of aromatic nitrogens is 3. The average molecular weight is 336 g/mol. The molecular formula is C18H20N6O. The van der Waals surface area contributed by atoms with Crippen molar-refractivity contribution in [2.45, 2.75) is 6.54 Å². The summed E-state index contributed by atoms with van der Waals surface area (Å²) in [5, 5.41) is 2.97. The number of carbonyl (C=O) groups is 1. The normalized spacial score (nSPS) is 14.7. The molecule has 25 heavy (non-hydrogen) atoms. The van der Waals surface area contributed by atoms with Gasteiger partial charge in [0.2, 0.25) is 0 Å². The summed E-state index contributed by atoms with van der Waals surface area (Å²) in [6.07, 6.45) is 7.48. The Morgan fingerprint density at radius 2 is 1.88 bits per heavy atom. The predicted octanol–water partition coefficient (Wildman–Crippen LogP) is 1.76. The molecule has 1 saturated heterocycles. The van der Waals surface area contributed by atoms with E-state index in [1.54, 1.807) is 12.4 Å². The lowest BCUT2D eigenvalue weighted by atomic mass is 10.3. The first kappa shape index (κ1) is 15.4. The van der Waals surface area contributed by atoms with Crippen LogP contribution in [0, 0.1) is 0 Å². The number of fused-ring (bicyclic) bond motifs is 1. The van der Waals surface area contributed by atoms with Gasteiger partial charge >= 0.3 is 6.03 Å². The third-order valence-electron chi connectivity index (χ3n) is 4.43. The van der Waals surface area contributed by atoms with Crippen molar-refractivity contribution in [1.29, 1.82) is 0 Å². The van der Waals surface area contributed by atoms with E-state index in [2.05, 4.69) is 20.2 Å². The highest BCUT2D eigenvalue weighted by molar-refractivity contribution is 5.74. The molecule has 0 aliphatic carbocycles. The number of amides is 2. The minimum absolute atomic E-state index is 0.0357. The van der Waals surface area contributed by atoms with E-state index in [4.69, 9.17) is 0 Å². The standard InChI is InChI=1S/C18H20N6O/c25-18(20-13-15-14-24-8-2-1-3-17(24)21-15)23-11-9-22(10-12-23)16-4-6-19-7-5-16/h1-8,14H,9-13H2,(H,20,25). The molecule has 0 bridgehead atoms. The SMILES string of the molecule is O=C(NCc1cn2ccccc2n1)N1CCN(c2ccncc2)CC1. The van der Waals surface area contributed by atoms with Crippen molar-refractivity contribution in [3.8, 4) is 0 Å². The van der Waals surface area contributed by atoms with Crippen molar-refractivity contribution in [2.24, 2.45) is 0 Å². The first-order valence-electron chi connectivity index (χ1n) is 8.40. The van der Waals surface area contributed by atoms with E-state index >= 15 is 0 Å². The van der Waals surface area contributed by atoms with Crippen LogP contribution in [0.15, 0.2) is 55.1 Å². The topological polar surface area (TPSA) is 65.8 Å². The highest BCUT2D eigenvalue weighted by Gasteiger charge is 2.21. The molecule has 0 unspecified atom stereocenters. The van der Waals surface area contributed by atoms with Gasteiger partial charge in [-0.05, 0) is 24.3 Å². The Kier molecular flexibility index (Phi) is 4.20. The van der Waals surface area contributed by atoms with Crippen LogP contribution >= 0.6 is 0 Å². The van der Waals surface area contributed by atoms with Gasteiger partial charge in [-0.2, -0.15) is 0 Å². The molecule has 0 aromatic carbocycles. The zero-order chi connectivity index (χ0) is 17.1. The maximum absolute atomic E-state index is 12.4. The van der Waals surface area contributed by atoms with Crippen molar-refractivity contribution in [3.63, 3.8) is 0 Å². The van der Waals surface area contributed by atoms with Crippen molar-refractivity contribution in [2.75, 3.05) is 31.1 Å². The van der Waals surface area contributed by atoms with Crippen molar-refractivity contribution < 1.29 is 4.79 Å². The molecule has 3 aromatic rings. The van der Waals surface area contributed by atoms with Crippen LogP contribution in [-0.2, 0) is 6.54 Å². The lowest BCUT2D eigenvalue weighted by Gasteiger charge is -2.35. The summed E-state index contributed by atoms with van der Waals surface area (Å²) in [6.45, 7) is 3.50. The zero-order valence-electron chi connectivity index (χ0n) is 13.9. The van der Waals surface area contributed by atoms with Crippen LogP contribution in [0.25, 0.3) is 5.65 Å². The van der Waals surface area contributed by atoms with Crippen LogP contribution in [0.1, 0.15) is 5.69 Å². The molecular weight excluding hydrogens is 316 g/mol. The summed E-state index contributed by atoms with van der Waals surface area (Å²) in [6, 6.07) is 9.82. The molecule has 0 atom stereocenters. The Bertz CT molecular complexity index is 821. The quantitative estimate of drug-likeness (QED) is 0.791. The van der Waals surface area contributed by atoms with E-state index in [1.807, 2.05) is 52.0 Å². The second kappa shape index (κ2) is 6.80. The molecule has 1 fully saturated rings. The fourth-order valence-corrected chi connectivity index (χ4v) is 3.07. The third kappa shape index (κ3) is 3.40.